The molecule has 2 heterocycles. The fraction of sp³-hybridized carbons (Fsp3) is 0.438. The van der Waals surface area contributed by atoms with Crippen molar-refractivity contribution in [2.24, 2.45) is 5.92 Å². The highest BCUT2D eigenvalue weighted by Gasteiger charge is 2.30. The lowest BCUT2D eigenvalue weighted by molar-refractivity contribution is 0.227. The highest BCUT2D eigenvalue weighted by molar-refractivity contribution is 9.11. The van der Waals surface area contributed by atoms with Crippen molar-refractivity contribution in [3.05, 3.63) is 46.0 Å². The van der Waals surface area contributed by atoms with Crippen molar-refractivity contribution >= 4 is 37.3 Å². The van der Waals surface area contributed by atoms with Gasteiger partial charge >= 0.3 is 0 Å². The molecule has 24 heavy (non-hydrogen) atoms. The summed E-state index contributed by atoms with van der Waals surface area (Å²) in [4.78, 5) is 4.36. The Morgan fingerprint density at radius 2 is 2.04 bits per heavy atom. The molecule has 2 atom stereocenters. The molecule has 0 unspecified atom stereocenters. The van der Waals surface area contributed by atoms with E-state index < -0.39 is 16.1 Å². The van der Waals surface area contributed by atoms with Crippen molar-refractivity contribution in [2.75, 3.05) is 6.61 Å². The monoisotopic (exact) mass is 432 g/mol. The van der Waals surface area contributed by atoms with Crippen LogP contribution in [0.15, 0.2) is 44.5 Å². The van der Waals surface area contributed by atoms with Crippen LogP contribution in [0.1, 0.15) is 31.9 Å². The molecular formula is C16H21BrN2O3S2. The Bertz CT molecular complexity index is 748. The van der Waals surface area contributed by atoms with Crippen molar-refractivity contribution in [3.8, 4) is 0 Å². The summed E-state index contributed by atoms with van der Waals surface area (Å²) in [6.45, 7) is 3.84. The average Bonchev–Trinajstić information content (AvgIpc) is 2.99. The zero-order valence-corrected chi connectivity index (χ0v) is 16.7. The molecule has 0 aliphatic carbocycles. The van der Waals surface area contributed by atoms with Crippen LogP contribution in [0.5, 0.6) is 0 Å². The zero-order chi connectivity index (χ0) is 17.7. The average molecular weight is 433 g/mol. The SMILES string of the molecule is CC(C)C[C@H](c1ccccn1)[C@H](CO)NS(=O)(=O)c1ccc(Br)s1. The molecule has 0 amide bonds. The number of pyridine rings is 1. The predicted molar refractivity (Wildman–Crippen MR) is 99.6 cm³/mol. The van der Waals surface area contributed by atoms with Gasteiger partial charge < -0.3 is 5.11 Å². The van der Waals surface area contributed by atoms with Crippen LogP contribution < -0.4 is 4.72 Å². The van der Waals surface area contributed by atoms with Gasteiger partial charge in [0, 0.05) is 17.8 Å². The van der Waals surface area contributed by atoms with Gasteiger partial charge in [-0.25, -0.2) is 13.1 Å². The van der Waals surface area contributed by atoms with Crippen molar-refractivity contribution in [1.82, 2.24) is 9.71 Å². The zero-order valence-electron chi connectivity index (χ0n) is 13.5. The van der Waals surface area contributed by atoms with Crippen molar-refractivity contribution < 1.29 is 13.5 Å². The largest absolute Gasteiger partial charge is 0.395 e. The molecule has 132 valence electrons. The van der Waals surface area contributed by atoms with E-state index in [1.165, 1.54) is 0 Å². The standard InChI is InChI=1S/C16H21BrN2O3S2/c1-11(2)9-12(13-5-3-4-8-18-13)14(10-20)19-24(21,22)16-7-6-15(17)23-16/h3-8,11-12,14,19-20H,9-10H2,1-2H3/t12-,14+/m1/s1. The van der Waals surface area contributed by atoms with Gasteiger partial charge in [-0.1, -0.05) is 19.9 Å². The Morgan fingerprint density at radius 3 is 2.54 bits per heavy atom. The van der Waals surface area contributed by atoms with Crippen molar-refractivity contribution in [3.63, 3.8) is 0 Å². The van der Waals surface area contributed by atoms with E-state index in [1.54, 1.807) is 18.3 Å². The van der Waals surface area contributed by atoms with Gasteiger partial charge in [-0.3, -0.25) is 4.98 Å². The number of hydrogen-bond donors (Lipinski definition) is 2. The molecule has 0 bridgehead atoms. The summed E-state index contributed by atoms with van der Waals surface area (Å²) in [7, 11) is -3.69. The van der Waals surface area contributed by atoms with Gasteiger partial charge in [0.2, 0.25) is 10.0 Å². The van der Waals surface area contributed by atoms with Gasteiger partial charge in [0.15, 0.2) is 0 Å². The second-order valence-corrected chi connectivity index (χ2v) is 10.4. The molecule has 0 aromatic carbocycles. The molecule has 2 rings (SSSR count). The van der Waals surface area contributed by atoms with Crippen LogP contribution in [0.4, 0.5) is 0 Å². The van der Waals surface area contributed by atoms with Crippen LogP contribution in [0, 0.1) is 5.92 Å². The minimum Gasteiger partial charge on any atom is -0.395 e. The minimum atomic E-state index is -3.69. The highest BCUT2D eigenvalue weighted by atomic mass is 79.9. The first-order valence-electron chi connectivity index (χ1n) is 7.63. The number of sulfonamides is 1. The van der Waals surface area contributed by atoms with E-state index in [9.17, 15) is 13.5 Å². The maximum Gasteiger partial charge on any atom is 0.250 e. The fourth-order valence-electron chi connectivity index (χ4n) is 2.54. The van der Waals surface area contributed by atoms with Crippen molar-refractivity contribution in [1.29, 1.82) is 0 Å². The smallest absolute Gasteiger partial charge is 0.250 e. The molecule has 8 heteroatoms. The Kier molecular flexibility index (Phi) is 6.94. The van der Waals surface area contributed by atoms with E-state index in [1.807, 2.05) is 18.2 Å². The quantitative estimate of drug-likeness (QED) is 0.669. The number of halogens is 1. The normalized spacial score (nSPS) is 14.7. The van der Waals surface area contributed by atoms with Crippen molar-refractivity contribution in [2.45, 2.75) is 36.4 Å². The highest BCUT2D eigenvalue weighted by Crippen LogP contribution is 2.29. The van der Waals surface area contributed by atoms with Crippen LogP contribution in [0.3, 0.4) is 0 Å². The molecule has 0 spiro atoms. The molecule has 0 radical (unpaired) electrons. The summed E-state index contributed by atoms with van der Waals surface area (Å²) in [6.07, 6.45) is 2.40. The maximum absolute atomic E-state index is 12.6. The van der Waals surface area contributed by atoms with Gasteiger partial charge in [0.1, 0.15) is 4.21 Å². The fourth-order valence-corrected chi connectivity index (χ4v) is 5.83. The molecule has 0 saturated heterocycles. The Hall–Kier alpha value is -0.800. The van der Waals surface area contributed by atoms with E-state index in [-0.39, 0.29) is 16.7 Å². The Labute approximate surface area is 155 Å². The number of aromatic nitrogens is 1. The number of aliphatic hydroxyl groups excluding tert-OH is 1. The van der Waals surface area contributed by atoms with Crippen LogP contribution in [0.2, 0.25) is 0 Å². The molecular weight excluding hydrogens is 412 g/mol. The lowest BCUT2D eigenvalue weighted by Crippen LogP contribution is -2.42. The molecule has 0 aliphatic rings. The summed E-state index contributed by atoms with van der Waals surface area (Å²) < 4.78 is 28.8. The van der Waals surface area contributed by atoms with Gasteiger partial charge in [-0.2, -0.15) is 0 Å². The van der Waals surface area contributed by atoms with Gasteiger partial charge in [0.25, 0.3) is 0 Å². The third-order valence-corrected chi connectivity index (χ3v) is 7.20. The topological polar surface area (TPSA) is 79.3 Å². The number of nitrogens with one attached hydrogen (secondary N) is 1. The first kappa shape index (κ1) is 19.5. The first-order valence-corrected chi connectivity index (χ1v) is 10.7. The van der Waals surface area contributed by atoms with Gasteiger partial charge in [-0.15, -0.1) is 11.3 Å². The Morgan fingerprint density at radius 1 is 1.29 bits per heavy atom. The summed E-state index contributed by atoms with van der Waals surface area (Å²) in [5, 5.41) is 9.83. The molecule has 0 fully saturated rings. The van der Waals surface area contributed by atoms with E-state index in [2.05, 4.69) is 39.5 Å². The third-order valence-electron chi connectivity index (χ3n) is 3.60. The minimum absolute atomic E-state index is 0.200. The lowest BCUT2D eigenvalue weighted by Gasteiger charge is -2.27. The summed E-state index contributed by atoms with van der Waals surface area (Å²) >= 11 is 4.41. The Balaban J connectivity index is 2.29. The number of rotatable bonds is 8. The van der Waals surface area contributed by atoms with E-state index in [0.29, 0.717) is 5.92 Å². The molecule has 2 aromatic heterocycles. The van der Waals surface area contributed by atoms with E-state index >= 15 is 0 Å². The van der Waals surface area contributed by atoms with Gasteiger partial charge in [-0.05, 0) is 52.5 Å². The predicted octanol–water partition coefficient (Wildman–Crippen LogP) is 3.37. The molecule has 2 aromatic rings. The van der Waals surface area contributed by atoms with Crippen LogP contribution >= 0.6 is 27.3 Å². The number of hydrogen-bond acceptors (Lipinski definition) is 5. The molecule has 5 nitrogen and oxygen atoms in total. The molecule has 2 N–H and O–H groups in total. The summed E-state index contributed by atoms with van der Waals surface area (Å²) in [5.41, 5.74) is 0.778. The number of nitrogens with zero attached hydrogens (tertiary/aromatic N) is 1. The first-order chi connectivity index (χ1) is 11.3. The number of aliphatic hydroxyl groups is 1. The molecule has 0 aliphatic heterocycles. The second kappa shape index (κ2) is 8.53. The van der Waals surface area contributed by atoms with E-state index in [4.69, 9.17) is 0 Å². The second-order valence-electron chi connectivity index (χ2n) is 5.96. The van der Waals surface area contributed by atoms with Crippen LogP contribution in [-0.4, -0.2) is 31.2 Å². The maximum atomic E-state index is 12.6. The van der Waals surface area contributed by atoms with Gasteiger partial charge in [0.05, 0.1) is 16.4 Å². The lowest BCUT2D eigenvalue weighted by atomic mass is 9.88. The van der Waals surface area contributed by atoms with Crippen LogP contribution in [0.25, 0.3) is 0 Å². The molecule has 0 saturated carbocycles. The summed E-state index contributed by atoms with van der Waals surface area (Å²) in [5.74, 6) is 0.140. The van der Waals surface area contributed by atoms with Crippen LogP contribution in [-0.2, 0) is 10.0 Å². The third kappa shape index (κ3) is 5.10. The number of thiophene rings is 1. The van der Waals surface area contributed by atoms with E-state index in [0.717, 1.165) is 27.2 Å². The summed E-state index contributed by atoms with van der Waals surface area (Å²) in [6, 6.07) is 8.16.